The second-order valence-corrected chi connectivity index (χ2v) is 25.3. The molecule has 3 N–H and O–H groups in total. The van der Waals surface area contributed by atoms with E-state index in [0.29, 0.717) is 25.9 Å². The molecule has 2 atom stereocenters. The van der Waals surface area contributed by atoms with Gasteiger partial charge < -0.3 is 20.3 Å². The molecule has 0 aliphatic rings. The molecular formula is C75H143NO5. The van der Waals surface area contributed by atoms with Crippen molar-refractivity contribution in [3.63, 3.8) is 0 Å². The first kappa shape index (κ1) is 79.1. The summed E-state index contributed by atoms with van der Waals surface area (Å²) in [7, 11) is 0. The van der Waals surface area contributed by atoms with Crippen molar-refractivity contribution in [3.05, 3.63) is 36.5 Å². The minimum atomic E-state index is -0.660. The van der Waals surface area contributed by atoms with Gasteiger partial charge >= 0.3 is 5.97 Å². The number of aliphatic hydroxyl groups is 2. The molecule has 81 heavy (non-hydrogen) atoms. The predicted octanol–water partition coefficient (Wildman–Crippen LogP) is 23.9. The van der Waals surface area contributed by atoms with Crippen LogP contribution in [-0.4, -0.2) is 47.4 Å². The molecule has 0 aromatic rings. The fourth-order valence-corrected chi connectivity index (χ4v) is 11.6. The van der Waals surface area contributed by atoms with E-state index in [0.717, 1.165) is 51.4 Å². The average molecular weight is 1140 g/mol. The molecule has 478 valence electrons. The first-order chi connectivity index (χ1) is 40.0. The van der Waals surface area contributed by atoms with Gasteiger partial charge in [-0.05, 0) is 83.5 Å². The second-order valence-electron chi connectivity index (χ2n) is 25.3. The first-order valence-electron chi connectivity index (χ1n) is 36.7. The van der Waals surface area contributed by atoms with Gasteiger partial charge in [0.1, 0.15) is 0 Å². The Morgan fingerprint density at radius 2 is 0.617 bits per heavy atom. The zero-order valence-electron chi connectivity index (χ0n) is 54.8. The van der Waals surface area contributed by atoms with Crippen molar-refractivity contribution in [3.8, 4) is 0 Å². The summed E-state index contributed by atoms with van der Waals surface area (Å²) >= 11 is 0. The minimum Gasteiger partial charge on any atom is -0.466 e. The van der Waals surface area contributed by atoms with Gasteiger partial charge in [0.05, 0.1) is 25.4 Å². The van der Waals surface area contributed by atoms with Crippen molar-refractivity contribution in [1.82, 2.24) is 5.32 Å². The quantitative estimate of drug-likeness (QED) is 0.0320. The number of ether oxygens (including phenoxy) is 1. The molecule has 0 saturated heterocycles. The molecule has 1 amide bonds. The zero-order valence-corrected chi connectivity index (χ0v) is 54.8. The number of carbonyl (C=O) groups excluding carboxylic acids is 2. The lowest BCUT2D eigenvalue weighted by Gasteiger charge is -2.22. The maximum Gasteiger partial charge on any atom is 0.305 e. The number of rotatable bonds is 69. The Bertz CT molecular complexity index is 1310. The number of hydrogen-bond acceptors (Lipinski definition) is 5. The molecule has 0 aromatic heterocycles. The van der Waals surface area contributed by atoms with E-state index in [2.05, 4.69) is 55.6 Å². The van der Waals surface area contributed by atoms with Crippen LogP contribution in [0.5, 0.6) is 0 Å². The Balaban J connectivity index is 3.32. The van der Waals surface area contributed by atoms with Crippen LogP contribution in [0.1, 0.15) is 406 Å². The highest BCUT2D eigenvalue weighted by atomic mass is 16.5. The fraction of sp³-hybridized carbons (Fsp3) is 0.893. The Labute approximate surface area is 506 Å². The van der Waals surface area contributed by atoms with Crippen LogP contribution < -0.4 is 5.32 Å². The predicted molar refractivity (Wildman–Crippen MR) is 356 cm³/mol. The van der Waals surface area contributed by atoms with Gasteiger partial charge in [0.2, 0.25) is 5.91 Å². The van der Waals surface area contributed by atoms with E-state index in [4.69, 9.17) is 4.74 Å². The number of unbranched alkanes of at least 4 members (excludes halogenated alkanes) is 52. The van der Waals surface area contributed by atoms with Crippen LogP contribution in [0.2, 0.25) is 0 Å². The Morgan fingerprint density at radius 3 is 0.951 bits per heavy atom. The molecule has 0 aliphatic heterocycles. The third-order valence-corrected chi connectivity index (χ3v) is 17.2. The maximum absolute atomic E-state index is 12.4. The van der Waals surface area contributed by atoms with Crippen molar-refractivity contribution in [1.29, 1.82) is 0 Å². The molecule has 0 rings (SSSR count). The van der Waals surface area contributed by atoms with E-state index < -0.39 is 12.1 Å². The van der Waals surface area contributed by atoms with Crippen molar-refractivity contribution in [2.24, 2.45) is 0 Å². The SMILES string of the molecule is CCCCCCCCC/C=C\CCCCCCCC(=O)OCCCCCCCCCCCCCCCCC/C=C\C/C=C\CCCCCCCCCCCCCCCCCCCC(=O)NC(CO)C(O)CCCCCCCCCCC. The van der Waals surface area contributed by atoms with Crippen LogP contribution in [0.3, 0.4) is 0 Å². The van der Waals surface area contributed by atoms with Crippen LogP contribution in [0.4, 0.5) is 0 Å². The van der Waals surface area contributed by atoms with Crippen LogP contribution in [0.25, 0.3) is 0 Å². The molecule has 0 fully saturated rings. The average Bonchev–Trinajstić information content (AvgIpc) is 3.47. The number of allylic oxidation sites excluding steroid dienone is 6. The van der Waals surface area contributed by atoms with Crippen LogP contribution in [0, 0.1) is 0 Å². The number of carbonyl (C=O) groups is 2. The number of nitrogens with one attached hydrogen (secondary N) is 1. The molecule has 6 nitrogen and oxygen atoms in total. The van der Waals surface area contributed by atoms with E-state index in [1.807, 2.05) is 0 Å². The zero-order chi connectivity index (χ0) is 58.5. The Kier molecular flexibility index (Phi) is 68.9. The summed E-state index contributed by atoms with van der Waals surface area (Å²) in [6, 6.07) is -0.537. The fourth-order valence-electron chi connectivity index (χ4n) is 11.6. The van der Waals surface area contributed by atoms with E-state index in [-0.39, 0.29) is 18.5 Å². The highest BCUT2D eigenvalue weighted by molar-refractivity contribution is 5.76. The lowest BCUT2D eigenvalue weighted by Crippen LogP contribution is -2.45. The maximum atomic E-state index is 12.4. The van der Waals surface area contributed by atoms with Gasteiger partial charge in [0.25, 0.3) is 0 Å². The summed E-state index contributed by atoms with van der Waals surface area (Å²) in [6.07, 6.45) is 90.9. The Hall–Kier alpha value is -1.92. The van der Waals surface area contributed by atoms with E-state index >= 15 is 0 Å². The summed E-state index contributed by atoms with van der Waals surface area (Å²) in [4.78, 5) is 24.5. The van der Waals surface area contributed by atoms with Crippen LogP contribution in [-0.2, 0) is 14.3 Å². The molecule has 0 saturated carbocycles. The van der Waals surface area contributed by atoms with Gasteiger partial charge in [-0.2, -0.15) is 0 Å². The smallest absolute Gasteiger partial charge is 0.305 e. The molecule has 0 aromatic carbocycles. The van der Waals surface area contributed by atoms with Gasteiger partial charge in [0.15, 0.2) is 0 Å². The third kappa shape index (κ3) is 67.1. The van der Waals surface area contributed by atoms with Crippen LogP contribution in [0.15, 0.2) is 36.5 Å². The van der Waals surface area contributed by atoms with Gasteiger partial charge in [-0.3, -0.25) is 9.59 Å². The summed E-state index contributed by atoms with van der Waals surface area (Å²) < 4.78 is 5.50. The first-order valence-corrected chi connectivity index (χ1v) is 36.7. The van der Waals surface area contributed by atoms with Crippen LogP contribution >= 0.6 is 0 Å². The van der Waals surface area contributed by atoms with Gasteiger partial charge in [0, 0.05) is 12.8 Å². The van der Waals surface area contributed by atoms with Crippen molar-refractivity contribution >= 4 is 11.9 Å². The number of esters is 1. The highest BCUT2D eigenvalue weighted by Gasteiger charge is 2.20. The summed E-state index contributed by atoms with van der Waals surface area (Å²) in [5.41, 5.74) is 0. The van der Waals surface area contributed by atoms with Crippen molar-refractivity contribution < 1.29 is 24.5 Å². The summed E-state index contributed by atoms with van der Waals surface area (Å²) in [5.74, 6) is -0.0195. The summed E-state index contributed by atoms with van der Waals surface area (Å²) in [6.45, 7) is 4.95. The van der Waals surface area contributed by atoms with Crippen molar-refractivity contribution in [2.45, 2.75) is 418 Å². The highest BCUT2D eigenvalue weighted by Crippen LogP contribution is 2.19. The lowest BCUT2D eigenvalue weighted by molar-refractivity contribution is -0.143. The van der Waals surface area contributed by atoms with E-state index in [9.17, 15) is 19.8 Å². The standard InChI is InChI=1S/C75H143NO5/c1-3-5-7-9-11-13-14-15-16-43-46-49-53-57-61-65-69-75(80)81-70-66-62-58-54-50-47-44-41-39-37-35-33-31-29-27-25-23-21-19-17-18-20-22-24-26-28-30-32-34-36-38-40-42-45-48-52-56-60-64-68-74(79)76-72(71-77)73(78)67-63-59-55-51-12-10-8-6-4-2/h16-18,21,23,43,72-73,77-78H,3-15,19-20,22,24-42,44-71H2,1-2H3,(H,76,79)/b18-17-,23-21-,43-16-. The molecule has 0 aliphatic carbocycles. The molecule has 0 spiro atoms. The molecule has 0 heterocycles. The van der Waals surface area contributed by atoms with Gasteiger partial charge in [-0.25, -0.2) is 0 Å². The van der Waals surface area contributed by atoms with E-state index in [1.54, 1.807) is 0 Å². The molecular weight excluding hydrogens is 995 g/mol. The number of amides is 1. The third-order valence-electron chi connectivity index (χ3n) is 17.2. The lowest BCUT2D eigenvalue weighted by atomic mass is 10.0. The Morgan fingerprint density at radius 1 is 0.346 bits per heavy atom. The normalized spacial score (nSPS) is 12.7. The van der Waals surface area contributed by atoms with Crippen molar-refractivity contribution in [2.75, 3.05) is 13.2 Å². The molecule has 2 unspecified atom stereocenters. The van der Waals surface area contributed by atoms with Gasteiger partial charge in [-0.15, -0.1) is 0 Å². The topological polar surface area (TPSA) is 95.9 Å². The monoisotopic (exact) mass is 1140 g/mol. The molecule has 6 heteroatoms. The summed E-state index contributed by atoms with van der Waals surface area (Å²) in [5, 5.41) is 23.1. The van der Waals surface area contributed by atoms with E-state index in [1.165, 1.54) is 321 Å². The second kappa shape index (κ2) is 70.6. The largest absolute Gasteiger partial charge is 0.466 e. The van der Waals surface area contributed by atoms with Gasteiger partial charge in [-0.1, -0.05) is 346 Å². The molecule has 0 radical (unpaired) electrons. The number of hydrogen-bond donors (Lipinski definition) is 3. The molecule has 0 bridgehead atoms. The minimum absolute atomic E-state index is 0.0133. The number of aliphatic hydroxyl groups excluding tert-OH is 2.